The molecule has 0 saturated carbocycles. The van der Waals surface area contributed by atoms with Crippen LogP contribution in [0.5, 0.6) is 0 Å². The fourth-order valence-electron chi connectivity index (χ4n) is 3.54. The van der Waals surface area contributed by atoms with Crippen molar-refractivity contribution >= 4 is 17.6 Å². The van der Waals surface area contributed by atoms with E-state index in [0.29, 0.717) is 0 Å². The van der Waals surface area contributed by atoms with Gasteiger partial charge in [-0.3, -0.25) is 9.89 Å². The van der Waals surface area contributed by atoms with Crippen molar-refractivity contribution in [1.82, 2.24) is 15.1 Å². The largest absolute Gasteiger partial charge is 0.377 e. The lowest BCUT2D eigenvalue weighted by Crippen LogP contribution is -2.52. The molecule has 0 bridgehead atoms. The van der Waals surface area contributed by atoms with Crippen molar-refractivity contribution in [2.24, 2.45) is 4.99 Å². The van der Waals surface area contributed by atoms with Crippen molar-refractivity contribution in [1.29, 1.82) is 0 Å². The number of ether oxygens (including phenoxy) is 1. The zero-order valence-electron chi connectivity index (χ0n) is 16.3. The van der Waals surface area contributed by atoms with E-state index in [1.807, 2.05) is 12.1 Å². The Kier molecular flexibility index (Phi) is 7.99. The fraction of sp³-hybridized carbons (Fsp3) is 0.571. The van der Waals surface area contributed by atoms with Gasteiger partial charge in [0.25, 0.3) is 0 Å². The second kappa shape index (κ2) is 10.7. The molecule has 1 aromatic rings. The third-order valence-electron chi connectivity index (χ3n) is 5.05. The highest BCUT2D eigenvalue weighted by Gasteiger charge is 2.19. The maximum Gasteiger partial charge on any atom is 0.194 e. The van der Waals surface area contributed by atoms with Crippen LogP contribution >= 0.6 is 11.6 Å². The summed E-state index contributed by atoms with van der Waals surface area (Å²) in [6.45, 7) is 10.5. The summed E-state index contributed by atoms with van der Waals surface area (Å²) in [5.74, 6) is 1.05. The summed E-state index contributed by atoms with van der Waals surface area (Å²) in [4.78, 5) is 9.74. The van der Waals surface area contributed by atoms with E-state index in [2.05, 4.69) is 40.2 Å². The third-order valence-corrected chi connectivity index (χ3v) is 5.29. The molecular formula is C21H31ClN4O. The molecule has 1 saturated heterocycles. The van der Waals surface area contributed by atoms with Crippen LogP contribution in [0.25, 0.3) is 0 Å². The number of nitrogens with one attached hydrogen (secondary N) is 1. The smallest absolute Gasteiger partial charge is 0.194 e. The number of rotatable bonds is 6. The lowest BCUT2D eigenvalue weighted by atomic mass is 10.1. The number of nitrogens with zero attached hydrogens (tertiary/aromatic N) is 3. The maximum atomic E-state index is 6.10. The maximum absolute atomic E-state index is 6.10. The molecule has 1 aromatic carbocycles. The number of halogens is 1. The van der Waals surface area contributed by atoms with Crippen molar-refractivity contribution < 1.29 is 4.74 Å². The van der Waals surface area contributed by atoms with Gasteiger partial charge in [0, 0.05) is 50.8 Å². The highest BCUT2D eigenvalue weighted by Crippen LogP contribution is 2.15. The van der Waals surface area contributed by atoms with Crippen molar-refractivity contribution in [3.63, 3.8) is 0 Å². The summed E-state index contributed by atoms with van der Waals surface area (Å²) in [6, 6.07) is 8.16. The second-order valence-corrected chi connectivity index (χ2v) is 7.50. The van der Waals surface area contributed by atoms with Gasteiger partial charge >= 0.3 is 0 Å². The molecule has 0 unspecified atom stereocenters. The van der Waals surface area contributed by atoms with Crippen molar-refractivity contribution in [3.05, 3.63) is 46.5 Å². The first-order valence-corrected chi connectivity index (χ1v) is 10.4. The summed E-state index contributed by atoms with van der Waals surface area (Å²) >= 11 is 6.10. The minimum absolute atomic E-state index is 0.758. The molecule has 0 aliphatic carbocycles. The molecule has 2 aliphatic heterocycles. The Balaban J connectivity index is 1.48. The van der Waals surface area contributed by atoms with Gasteiger partial charge in [-0.2, -0.15) is 0 Å². The predicted octanol–water partition coefficient (Wildman–Crippen LogP) is 3.16. The fourth-order valence-corrected chi connectivity index (χ4v) is 3.75. The zero-order chi connectivity index (χ0) is 18.9. The Bertz CT molecular complexity index is 653. The Morgan fingerprint density at radius 2 is 2.11 bits per heavy atom. The average molecular weight is 391 g/mol. The molecule has 1 fully saturated rings. The van der Waals surface area contributed by atoms with Crippen LogP contribution in [-0.2, 0) is 11.3 Å². The molecule has 2 aliphatic rings. The van der Waals surface area contributed by atoms with Crippen LogP contribution in [0.15, 0.2) is 40.9 Å². The first kappa shape index (κ1) is 20.2. The standard InChI is InChI=1S/C21H31ClN4O/c1-2-23-21(24-9-6-18-7-14-27-15-8-18)26-12-10-25(11-13-26)17-19-4-3-5-20(22)16-19/h3-5,7,16H,2,6,8-15,17H2,1H3,(H,23,24). The molecule has 0 radical (unpaired) electrons. The van der Waals surface area contributed by atoms with E-state index in [4.69, 9.17) is 21.3 Å². The van der Waals surface area contributed by atoms with E-state index < -0.39 is 0 Å². The van der Waals surface area contributed by atoms with E-state index in [9.17, 15) is 0 Å². The van der Waals surface area contributed by atoms with Gasteiger partial charge in [-0.15, -0.1) is 0 Å². The summed E-state index contributed by atoms with van der Waals surface area (Å²) in [5, 5.41) is 4.27. The summed E-state index contributed by atoms with van der Waals surface area (Å²) in [7, 11) is 0. The summed E-state index contributed by atoms with van der Waals surface area (Å²) in [5.41, 5.74) is 2.76. The van der Waals surface area contributed by atoms with Crippen LogP contribution in [0.1, 0.15) is 25.3 Å². The number of aliphatic imine (C=N–C) groups is 1. The second-order valence-electron chi connectivity index (χ2n) is 7.07. The van der Waals surface area contributed by atoms with E-state index in [-0.39, 0.29) is 0 Å². The van der Waals surface area contributed by atoms with Gasteiger partial charge < -0.3 is 15.0 Å². The normalized spacial score (nSPS) is 19.1. The molecule has 0 amide bonds. The molecule has 0 atom stereocenters. The molecule has 5 nitrogen and oxygen atoms in total. The molecular weight excluding hydrogens is 360 g/mol. The Morgan fingerprint density at radius 1 is 1.26 bits per heavy atom. The van der Waals surface area contributed by atoms with Crippen LogP contribution in [-0.4, -0.2) is 68.2 Å². The van der Waals surface area contributed by atoms with Gasteiger partial charge in [0.2, 0.25) is 0 Å². The van der Waals surface area contributed by atoms with Gasteiger partial charge in [0.1, 0.15) is 0 Å². The minimum atomic E-state index is 0.758. The number of benzene rings is 1. The van der Waals surface area contributed by atoms with Crippen molar-refractivity contribution in [3.8, 4) is 0 Å². The van der Waals surface area contributed by atoms with E-state index >= 15 is 0 Å². The van der Waals surface area contributed by atoms with Gasteiger partial charge in [-0.1, -0.05) is 35.4 Å². The van der Waals surface area contributed by atoms with Crippen LogP contribution in [0.4, 0.5) is 0 Å². The lowest BCUT2D eigenvalue weighted by molar-refractivity contribution is 0.153. The molecule has 1 N–H and O–H groups in total. The van der Waals surface area contributed by atoms with Crippen LogP contribution < -0.4 is 5.32 Å². The third kappa shape index (κ3) is 6.52. The zero-order valence-corrected chi connectivity index (χ0v) is 17.0. The van der Waals surface area contributed by atoms with Crippen LogP contribution in [0, 0.1) is 0 Å². The number of hydrogen-bond donors (Lipinski definition) is 1. The Labute approximate surface area is 168 Å². The van der Waals surface area contributed by atoms with Gasteiger partial charge in [-0.25, -0.2) is 0 Å². The monoisotopic (exact) mass is 390 g/mol. The topological polar surface area (TPSA) is 40.1 Å². The van der Waals surface area contributed by atoms with Gasteiger partial charge in [0.15, 0.2) is 5.96 Å². The molecule has 2 heterocycles. The highest BCUT2D eigenvalue weighted by molar-refractivity contribution is 6.30. The average Bonchev–Trinajstić information content (AvgIpc) is 2.69. The molecule has 6 heteroatoms. The first-order valence-electron chi connectivity index (χ1n) is 10.0. The molecule has 148 valence electrons. The number of hydrogen-bond acceptors (Lipinski definition) is 3. The highest BCUT2D eigenvalue weighted by atomic mass is 35.5. The number of guanidine groups is 1. The number of piperazine rings is 1. The van der Waals surface area contributed by atoms with Crippen molar-refractivity contribution in [2.45, 2.75) is 26.3 Å². The molecule has 0 aromatic heterocycles. The predicted molar refractivity (Wildman–Crippen MR) is 112 cm³/mol. The van der Waals surface area contributed by atoms with Gasteiger partial charge in [-0.05, 0) is 37.5 Å². The summed E-state index contributed by atoms with van der Waals surface area (Å²) in [6.07, 6.45) is 4.29. The Morgan fingerprint density at radius 3 is 2.81 bits per heavy atom. The minimum Gasteiger partial charge on any atom is -0.377 e. The molecule has 0 spiro atoms. The van der Waals surface area contributed by atoms with E-state index in [0.717, 1.165) is 82.9 Å². The van der Waals surface area contributed by atoms with E-state index in [1.165, 1.54) is 11.1 Å². The quantitative estimate of drug-likeness (QED) is 0.460. The van der Waals surface area contributed by atoms with Crippen LogP contribution in [0.2, 0.25) is 5.02 Å². The lowest BCUT2D eigenvalue weighted by Gasteiger charge is -2.36. The van der Waals surface area contributed by atoms with Gasteiger partial charge in [0.05, 0.1) is 13.2 Å². The first-order chi connectivity index (χ1) is 13.2. The molecule has 3 rings (SSSR count). The van der Waals surface area contributed by atoms with E-state index in [1.54, 1.807) is 0 Å². The SMILES string of the molecule is CCNC(=NCCC1=CCOCC1)N1CCN(Cc2cccc(Cl)c2)CC1. The molecule has 27 heavy (non-hydrogen) atoms. The summed E-state index contributed by atoms with van der Waals surface area (Å²) < 4.78 is 5.38. The van der Waals surface area contributed by atoms with Crippen molar-refractivity contribution in [2.75, 3.05) is 52.5 Å². The Hall–Kier alpha value is -1.56. The van der Waals surface area contributed by atoms with Crippen LogP contribution in [0.3, 0.4) is 0 Å².